The molecule has 146 valence electrons. The highest BCUT2D eigenvalue weighted by molar-refractivity contribution is 5.82. The summed E-state index contributed by atoms with van der Waals surface area (Å²) in [6.45, 7) is 0. The van der Waals surface area contributed by atoms with E-state index in [0.717, 1.165) is 11.1 Å². The standard InChI is InChI=1S/C23H20N2O4/c1-27-17-11-9-15(10-12-17)21-22(16-7-5-4-6-8-16)24-19-13-18(28-2)14-20(29-3)25(19)23(21)26/h4-14H,1-3H3. The molecule has 6 nitrogen and oxygen atoms in total. The van der Waals surface area contributed by atoms with Crippen LogP contribution in [-0.4, -0.2) is 30.7 Å². The predicted octanol–water partition coefficient (Wildman–Crippen LogP) is 4.05. The van der Waals surface area contributed by atoms with Gasteiger partial charge >= 0.3 is 0 Å². The van der Waals surface area contributed by atoms with Crippen LogP contribution in [0.4, 0.5) is 0 Å². The number of methoxy groups -OCH3 is 3. The molecule has 0 aliphatic rings. The first-order valence-electron chi connectivity index (χ1n) is 9.05. The second kappa shape index (κ2) is 7.67. The number of pyridine rings is 1. The van der Waals surface area contributed by atoms with Gasteiger partial charge in [0, 0.05) is 17.7 Å². The summed E-state index contributed by atoms with van der Waals surface area (Å²) >= 11 is 0. The normalized spacial score (nSPS) is 10.7. The lowest BCUT2D eigenvalue weighted by Gasteiger charge is -2.15. The molecule has 29 heavy (non-hydrogen) atoms. The molecule has 4 aromatic rings. The quantitative estimate of drug-likeness (QED) is 0.516. The summed E-state index contributed by atoms with van der Waals surface area (Å²) in [4.78, 5) is 18.4. The number of rotatable bonds is 5. The number of aromatic nitrogens is 2. The zero-order chi connectivity index (χ0) is 20.4. The molecule has 2 aromatic heterocycles. The Morgan fingerprint density at radius 1 is 0.759 bits per heavy atom. The van der Waals surface area contributed by atoms with E-state index in [1.807, 2.05) is 54.6 Å². The molecule has 2 heterocycles. The Balaban J connectivity index is 2.11. The van der Waals surface area contributed by atoms with Gasteiger partial charge in [-0.3, -0.25) is 4.79 Å². The van der Waals surface area contributed by atoms with E-state index in [-0.39, 0.29) is 5.56 Å². The number of benzene rings is 2. The SMILES string of the molecule is COc1ccc(-c2c(-c3ccccc3)nc3cc(OC)cc(OC)n3c2=O)cc1. The van der Waals surface area contributed by atoms with Crippen LogP contribution in [0.15, 0.2) is 71.5 Å². The van der Waals surface area contributed by atoms with Gasteiger partial charge in [-0.05, 0) is 17.7 Å². The zero-order valence-corrected chi connectivity index (χ0v) is 16.4. The minimum atomic E-state index is -0.224. The summed E-state index contributed by atoms with van der Waals surface area (Å²) in [7, 11) is 4.68. The van der Waals surface area contributed by atoms with Gasteiger partial charge in [0.05, 0.1) is 32.6 Å². The Morgan fingerprint density at radius 2 is 1.45 bits per heavy atom. The minimum Gasteiger partial charge on any atom is -0.497 e. The molecule has 0 fully saturated rings. The summed E-state index contributed by atoms with van der Waals surface area (Å²) < 4.78 is 17.5. The number of hydrogen-bond acceptors (Lipinski definition) is 5. The topological polar surface area (TPSA) is 62.1 Å². The monoisotopic (exact) mass is 388 g/mol. The van der Waals surface area contributed by atoms with Gasteiger partial charge in [0.2, 0.25) is 5.88 Å². The van der Waals surface area contributed by atoms with E-state index < -0.39 is 0 Å². The van der Waals surface area contributed by atoms with Gasteiger partial charge in [0.25, 0.3) is 5.56 Å². The van der Waals surface area contributed by atoms with Crippen molar-refractivity contribution in [2.75, 3.05) is 21.3 Å². The van der Waals surface area contributed by atoms with Crippen molar-refractivity contribution in [1.82, 2.24) is 9.38 Å². The number of hydrogen-bond donors (Lipinski definition) is 0. The van der Waals surface area contributed by atoms with E-state index in [1.165, 1.54) is 11.5 Å². The summed E-state index contributed by atoms with van der Waals surface area (Å²) in [6.07, 6.45) is 0. The van der Waals surface area contributed by atoms with Gasteiger partial charge in [0.15, 0.2) is 0 Å². The minimum absolute atomic E-state index is 0.224. The third kappa shape index (κ3) is 3.29. The first-order chi connectivity index (χ1) is 14.2. The van der Waals surface area contributed by atoms with E-state index in [4.69, 9.17) is 19.2 Å². The van der Waals surface area contributed by atoms with Crippen LogP contribution in [0.1, 0.15) is 0 Å². The van der Waals surface area contributed by atoms with Crippen LogP contribution >= 0.6 is 0 Å². The molecule has 0 saturated heterocycles. The van der Waals surface area contributed by atoms with Crippen molar-refractivity contribution in [1.29, 1.82) is 0 Å². The van der Waals surface area contributed by atoms with Crippen molar-refractivity contribution < 1.29 is 14.2 Å². The van der Waals surface area contributed by atoms with Crippen molar-refractivity contribution in [3.8, 4) is 39.8 Å². The maximum Gasteiger partial charge on any atom is 0.269 e. The van der Waals surface area contributed by atoms with Gasteiger partial charge in [-0.25, -0.2) is 9.38 Å². The average molecular weight is 388 g/mol. The van der Waals surface area contributed by atoms with Crippen LogP contribution in [0.25, 0.3) is 28.0 Å². The molecule has 0 atom stereocenters. The van der Waals surface area contributed by atoms with Crippen LogP contribution in [0.3, 0.4) is 0 Å². The van der Waals surface area contributed by atoms with E-state index in [2.05, 4.69) is 0 Å². The smallest absolute Gasteiger partial charge is 0.269 e. The summed E-state index contributed by atoms with van der Waals surface area (Å²) in [5.41, 5.74) is 2.89. The number of ether oxygens (including phenoxy) is 3. The second-order valence-electron chi connectivity index (χ2n) is 6.37. The Kier molecular flexibility index (Phi) is 4.91. The van der Waals surface area contributed by atoms with Gasteiger partial charge in [-0.15, -0.1) is 0 Å². The molecular weight excluding hydrogens is 368 g/mol. The molecule has 2 aromatic carbocycles. The third-order valence-electron chi connectivity index (χ3n) is 4.74. The molecule has 0 N–H and O–H groups in total. The first kappa shape index (κ1) is 18.6. The van der Waals surface area contributed by atoms with Crippen molar-refractivity contribution in [3.05, 3.63) is 77.1 Å². The third-order valence-corrected chi connectivity index (χ3v) is 4.74. The van der Waals surface area contributed by atoms with Crippen LogP contribution in [0.5, 0.6) is 17.4 Å². The average Bonchev–Trinajstić information content (AvgIpc) is 2.78. The molecule has 0 spiro atoms. The lowest BCUT2D eigenvalue weighted by atomic mass is 10.00. The molecule has 0 aliphatic heterocycles. The van der Waals surface area contributed by atoms with E-state index in [9.17, 15) is 4.79 Å². The maximum atomic E-state index is 13.6. The van der Waals surface area contributed by atoms with Crippen molar-refractivity contribution in [3.63, 3.8) is 0 Å². The lowest BCUT2D eigenvalue weighted by Crippen LogP contribution is -2.20. The molecule has 0 aliphatic carbocycles. The summed E-state index contributed by atoms with van der Waals surface area (Å²) in [6, 6.07) is 20.4. The van der Waals surface area contributed by atoms with Crippen molar-refractivity contribution >= 4 is 5.65 Å². The molecule has 0 amide bonds. The molecule has 0 radical (unpaired) electrons. The highest BCUT2D eigenvalue weighted by Gasteiger charge is 2.19. The predicted molar refractivity (Wildman–Crippen MR) is 112 cm³/mol. The summed E-state index contributed by atoms with van der Waals surface area (Å²) in [5.74, 6) is 1.63. The fourth-order valence-electron chi connectivity index (χ4n) is 3.29. The van der Waals surface area contributed by atoms with Gasteiger partial charge in [-0.1, -0.05) is 42.5 Å². The van der Waals surface area contributed by atoms with Crippen LogP contribution in [0, 0.1) is 0 Å². The van der Waals surface area contributed by atoms with E-state index >= 15 is 0 Å². The van der Waals surface area contributed by atoms with Crippen molar-refractivity contribution in [2.45, 2.75) is 0 Å². The van der Waals surface area contributed by atoms with Gasteiger partial charge in [0.1, 0.15) is 17.1 Å². The largest absolute Gasteiger partial charge is 0.497 e. The van der Waals surface area contributed by atoms with Crippen LogP contribution in [0.2, 0.25) is 0 Å². The number of fused-ring (bicyclic) bond motifs is 1. The molecule has 0 unspecified atom stereocenters. The Labute approximate surface area is 167 Å². The number of nitrogens with zero attached hydrogens (tertiary/aromatic N) is 2. The highest BCUT2D eigenvalue weighted by atomic mass is 16.5. The van der Waals surface area contributed by atoms with Crippen molar-refractivity contribution in [2.24, 2.45) is 0 Å². The second-order valence-corrected chi connectivity index (χ2v) is 6.37. The van der Waals surface area contributed by atoms with Gasteiger partial charge < -0.3 is 14.2 Å². The fourth-order valence-corrected chi connectivity index (χ4v) is 3.29. The van der Waals surface area contributed by atoms with E-state index in [1.54, 1.807) is 26.4 Å². The first-order valence-corrected chi connectivity index (χ1v) is 9.05. The molecule has 6 heteroatoms. The van der Waals surface area contributed by atoms with Crippen LogP contribution in [-0.2, 0) is 0 Å². The highest BCUT2D eigenvalue weighted by Crippen LogP contribution is 2.31. The maximum absolute atomic E-state index is 13.6. The Bertz CT molecular complexity index is 1220. The summed E-state index contributed by atoms with van der Waals surface area (Å²) in [5, 5.41) is 0. The molecule has 0 bridgehead atoms. The molecular formula is C23H20N2O4. The van der Waals surface area contributed by atoms with E-state index in [0.29, 0.717) is 34.3 Å². The zero-order valence-electron chi connectivity index (χ0n) is 16.4. The molecule has 0 saturated carbocycles. The molecule has 4 rings (SSSR count). The van der Waals surface area contributed by atoms with Gasteiger partial charge in [-0.2, -0.15) is 0 Å². The van der Waals surface area contributed by atoms with Crippen LogP contribution < -0.4 is 19.8 Å². The fraction of sp³-hybridized carbons (Fsp3) is 0.130. The lowest BCUT2D eigenvalue weighted by molar-refractivity contribution is 0.377. The Hall–Kier alpha value is -3.80. The Morgan fingerprint density at radius 3 is 2.07 bits per heavy atom.